The summed E-state index contributed by atoms with van der Waals surface area (Å²) in [5, 5.41) is 18.1. The molecule has 8 heteroatoms. The summed E-state index contributed by atoms with van der Waals surface area (Å²) in [6.07, 6.45) is 1.54. The van der Waals surface area contributed by atoms with Gasteiger partial charge in [-0.3, -0.25) is 9.59 Å². The summed E-state index contributed by atoms with van der Waals surface area (Å²) in [5.41, 5.74) is 1.02. The van der Waals surface area contributed by atoms with Crippen LogP contribution in [0.5, 0.6) is 0 Å². The normalized spacial score (nSPS) is 15.6. The van der Waals surface area contributed by atoms with E-state index < -0.39 is 11.9 Å². The Balaban J connectivity index is 1.34. The van der Waals surface area contributed by atoms with Gasteiger partial charge in [-0.25, -0.2) is 9.07 Å². The number of aromatic nitrogens is 3. The molecule has 1 aliphatic rings. The van der Waals surface area contributed by atoms with Gasteiger partial charge in [0, 0.05) is 30.1 Å². The molecule has 160 valence electrons. The van der Waals surface area contributed by atoms with Gasteiger partial charge in [0.05, 0.1) is 12.7 Å². The summed E-state index contributed by atoms with van der Waals surface area (Å²) in [7, 11) is 0. The van der Waals surface area contributed by atoms with E-state index in [-0.39, 0.29) is 35.4 Å². The highest BCUT2D eigenvalue weighted by Crippen LogP contribution is 2.23. The maximum atomic E-state index is 13.8. The van der Waals surface area contributed by atoms with Gasteiger partial charge in [0.2, 0.25) is 0 Å². The van der Waals surface area contributed by atoms with Gasteiger partial charge in [0.25, 0.3) is 5.91 Å². The van der Waals surface area contributed by atoms with Crippen molar-refractivity contribution in [2.24, 2.45) is 5.92 Å². The fourth-order valence-corrected chi connectivity index (χ4v) is 3.85. The molecule has 4 rings (SSSR count). The number of likely N-dealkylation sites (tertiary alicyclic amines) is 1. The summed E-state index contributed by atoms with van der Waals surface area (Å²) in [4.78, 5) is 27.0. The minimum Gasteiger partial charge on any atom is -0.386 e. The molecule has 1 fully saturated rings. The maximum absolute atomic E-state index is 13.8. The molecule has 0 bridgehead atoms. The summed E-state index contributed by atoms with van der Waals surface area (Å²) < 4.78 is 15.2. The second-order valence-electron chi connectivity index (χ2n) is 7.66. The number of amides is 1. The minimum absolute atomic E-state index is 0.0190. The number of Topliss-reactive ketones (excluding diaryl/α,β-unsaturated/α-hetero) is 1. The van der Waals surface area contributed by atoms with Gasteiger partial charge in [-0.1, -0.05) is 53.7 Å². The van der Waals surface area contributed by atoms with Crippen LogP contribution in [0.25, 0.3) is 0 Å². The zero-order valence-electron chi connectivity index (χ0n) is 16.9. The number of aliphatic hydroxyl groups excluding tert-OH is 1. The highest BCUT2D eigenvalue weighted by atomic mass is 19.1. The molecule has 1 N–H and O–H groups in total. The zero-order chi connectivity index (χ0) is 21.8. The lowest BCUT2D eigenvalue weighted by Gasteiger charge is -2.30. The van der Waals surface area contributed by atoms with Crippen molar-refractivity contribution < 1.29 is 19.1 Å². The van der Waals surface area contributed by atoms with Crippen molar-refractivity contribution in [1.82, 2.24) is 19.9 Å². The van der Waals surface area contributed by atoms with E-state index in [0.29, 0.717) is 31.5 Å². The predicted octanol–water partition coefficient (Wildman–Crippen LogP) is 2.89. The molecule has 0 spiro atoms. The van der Waals surface area contributed by atoms with Gasteiger partial charge in [-0.05, 0) is 18.9 Å². The van der Waals surface area contributed by atoms with Crippen LogP contribution in [0.2, 0.25) is 0 Å². The third kappa shape index (κ3) is 4.69. The average Bonchev–Trinajstić information content (AvgIpc) is 3.27. The van der Waals surface area contributed by atoms with Crippen molar-refractivity contribution in [3.05, 3.63) is 83.4 Å². The molecular weight excluding hydrogens is 399 g/mol. The molecule has 2 heterocycles. The minimum atomic E-state index is -1.11. The Bertz CT molecular complexity index is 1060. The van der Waals surface area contributed by atoms with Crippen LogP contribution in [0.3, 0.4) is 0 Å². The second kappa shape index (κ2) is 9.18. The van der Waals surface area contributed by atoms with Crippen molar-refractivity contribution in [3.8, 4) is 0 Å². The molecule has 1 amide bonds. The number of carbonyl (C=O) groups excluding carboxylic acids is 2. The van der Waals surface area contributed by atoms with Gasteiger partial charge in [-0.15, -0.1) is 5.10 Å². The quantitative estimate of drug-likeness (QED) is 0.617. The Labute approximate surface area is 179 Å². The highest BCUT2D eigenvalue weighted by molar-refractivity contribution is 5.98. The van der Waals surface area contributed by atoms with Crippen molar-refractivity contribution in [2.45, 2.75) is 25.5 Å². The summed E-state index contributed by atoms with van der Waals surface area (Å²) in [5.74, 6) is -0.754. The van der Waals surface area contributed by atoms with E-state index >= 15 is 0 Å². The molecule has 0 radical (unpaired) electrons. The Morgan fingerprint density at radius 3 is 2.45 bits per heavy atom. The smallest absolute Gasteiger partial charge is 0.276 e. The van der Waals surface area contributed by atoms with Crippen molar-refractivity contribution in [1.29, 1.82) is 0 Å². The molecule has 1 aromatic heterocycles. The Hall–Kier alpha value is -3.39. The number of rotatable bonds is 6. The van der Waals surface area contributed by atoms with Crippen LogP contribution < -0.4 is 0 Å². The predicted molar refractivity (Wildman–Crippen MR) is 111 cm³/mol. The van der Waals surface area contributed by atoms with Crippen LogP contribution in [0.15, 0.2) is 60.8 Å². The molecule has 1 saturated heterocycles. The fraction of sp³-hybridized carbons (Fsp3) is 0.304. The Morgan fingerprint density at radius 2 is 1.74 bits per heavy atom. The first-order chi connectivity index (χ1) is 15.0. The number of hydrogen-bond donors (Lipinski definition) is 1. The number of aliphatic hydroxyl groups is 1. The zero-order valence-corrected chi connectivity index (χ0v) is 16.9. The van der Waals surface area contributed by atoms with E-state index in [1.807, 2.05) is 30.3 Å². The molecule has 1 unspecified atom stereocenters. The van der Waals surface area contributed by atoms with E-state index in [9.17, 15) is 19.1 Å². The molecule has 0 saturated carbocycles. The first-order valence-electron chi connectivity index (χ1n) is 10.2. The third-order valence-electron chi connectivity index (χ3n) is 5.59. The number of halogens is 1. The van der Waals surface area contributed by atoms with Gasteiger partial charge in [-0.2, -0.15) is 0 Å². The number of nitrogens with zero attached hydrogens (tertiary/aromatic N) is 4. The molecule has 1 atom stereocenters. The first-order valence-corrected chi connectivity index (χ1v) is 10.2. The molecule has 3 aromatic rings. The maximum Gasteiger partial charge on any atom is 0.276 e. The van der Waals surface area contributed by atoms with Gasteiger partial charge >= 0.3 is 0 Å². The molecule has 0 aliphatic carbocycles. The first kappa shape index (κ1) is 20.9. The van der Waals surface area contributed by atoms with Gasteiger partial charge in [0.15, 0.2) is 11.5 Å². The lowest BCUT2D eigenvalue weighted by atomic mass is 9.89. The largest absolute Gasteiger partial charge is 0.386 e. The number of hydrogen-bond acceptors (Lipinski definition) is 5. The van der Waals surface area contributed by atoms with Crippen molar-refractivity contribution >= 4 is 11.7 Å². The fourth-order valence-electron chi connectivity index (χ4n) is 3.85. The lowest BCUT2D eigenvalue weighted by molar-refractivity contribution is 0.0645. The number of ketones is 1. The third-order valence-corrected chi connectivity index (χ3v) is 5.59. The van der Waals surface area contributed by atoms with E-state index in [0.717, 1.165) is 0 Å². The molecule has 2 aromatic carbocycles. The SMILES string of the molecule is O=C(c1ccccc1)C1CCN(C(=O)c2cn(CC(O)c3ccccc3F)nn2)CC1. The Kier molecular flexibility index (Phi) is 6.18. The Morgan fingerprint density at radius 1 is 1.06 bits per heavy atom. The van der Waals surface area contributed by atoms with Crippen molar-refractivity contribution in [3.63, 3.8) is 0 Å². The average molecular weight is 422 g/mol. The second-order valence-corrected chi connectivity index (χ2v) is 7.66. The summed E-state index contributed by atoms with van der Waals surface area (Å²) in [6.45, 7) is 0.911. The van der Waals surface area contributed by atoms with Gasteiger partial charge in [0.1, 0.15) is 11.9 Å². The molecule has 31 heavy (non-hydrogen) atoms. The number of benzene rings is 2. The van der Waals surface area contributed by atoms with Crippen LogP contribution in [0, 0.1) is 11.7 Å². The van der Waals surface area contributed by atoms with E-state index in [1.165, 1.54) is 23.0 Å². The molecule has 1 aliphatic heterocycles. The summed E-state index contributed by atoms with van der Waals surface area (Å²) in [6, 6.07) is 15.2. The number of piperidine rings is 1. The van der Waals surface area contributed by atoms with Crippen LogP contribution in [-0.4, -0.2) is 49.8 Å². The van der Waals surface area contributed by atoms with Crippen LogP contribution in [-0.2, 0) is 6.54 Å². The molecular formula is C23H23FN4O3. The lowest BCUT2D eigenvalue weighted by Crippen LogP contribution is -2.40. The van der Waals surface area contributed by atoms with Crippen LogP contribution in [0.4, 0.5) is 4.39 Å². The monoisotopic (exact) mass is 422 g/mol. The molecule has 7 nitrogen and oxygen atoms in total. The van der Waals surface area contributed by atoms with E-state index in [1.54, 1.807) is 17.0 Å². The van der Waals surface area contributed by atoms with E-state index in [4.69, 9.17) is 0 Å². The van der Waals surface area contributed by atoms with Gasteiger partial charge < -0.3 is 10.0 Å². The van der Waals surface area contributed by atoms with E-state index in [2.05, 4.69) is 10.3 Å². The van der Waals surface area contributed by atoms with Crippen molar-refractivity contribution in [2.75, 3.05) is 13.1 Å². The standard InChI is InChI=1S/C23H23FN4O3/c24-19-9-5-4-8-18(19)21(29)15-28-14-20(25-26-28)23(31)27-12-10-17(11-13-27)22(30)16-6-2-1-3-7-16/h1-9,14,17,21,29H,10-13,15H2. The van der Waals surface area contributed by atoms with Crippen LogP contribution >= 0.6 is 0 Å². The number of carbonyl (C=O) groups is 2. The summed E-state index contributed by atoms with van der Waals surface area (Å²) >= 11 is 0. The highest BCUT2D eigenvalue weighted by Gasteiger charge is 2.29. The van der Waals surface area contributed by atoms with Crippen LogP contribution in [0.1, 0.15) is 45.4 Å². The topological polar surface area (TPSA) is 88.3 Å².